The lowest BCUT2D eigenvalue weighted by atomic mass is 9.92. The van der Waals surface area contributed by atoms with Gasteiger partial charge in [-0.1, -0.05) is 13.8 Å². The van der Waals surface area contributed by atoms with Crippen molar-refractivity contribution in [3.63, 3.8) is 0 Å². The van der Waals surface area contributed by atoms with Gasteiger partial charge in [0.1, 0.15) is 11.6 Å². The number of ether oxygens (including phenoxy) is 1. The summed E-state index contributed by atoms with van der Waals surface area (Å²) in [7, 11) is 1.79. The van der Waals surface area contributed by atoms with Gasteiger partial charge in [-0.05, 0) is 30.5 Å². The van der Waals surface area contributed by atoms with Crippen molar-refractivity contribution in [3.05, 3.63) is 6.07 Å². The minimum Gasteiger partial charge on any atom is -0.378 e. The number of piperidine rings is 1. The van der Waals surface area contributed by atoms with E-state index in [0.717, 1.165) is 51.0 Å². The molecule has 2 fully saturated rings. The van der Waals surface area contributed by atoms with Crippen LogP contribution in [-0.4, -0.2) is 61.5 Å². The number of hydrogen-bond acceptors (Lipinski definition) is 6. The van der Waals surface area contributed by atoms with E-state index < -0.39 is 0 Å². The first-order valence-corrected chi connectivity index (χ1v) is 9.41. The van der Waals surface area contributed by atoms with Crippen molar-refractivity contribution in [2.75, 3.05) is 61.6 Å². The van der Waals surface area contributed by atoms with Crippen LogP contribution in [0.3, 0.4) is 0 Å². The van der Waals surface area contributed by atoms with E-state index in [1.165, 1.54) is 6.42 Å². The molecule has 138 valence electrons. The zero-order chi connectivity index (χ0) is 17.8. The minimum absolute atomic E-state index is 0.519. The molecule has 2 aliphatic rings. The Kier molecular flexibility index (Phi) is 5.90. The molecule has 25 heavy (non-hydrogen) atoms. The van der Waals surface area contributed by atoms with Gasteiger partial charge in [0.05, 0.1) is 13.2 Å². The fourth-order valence-electron chi connectivity index (χ4n) is 3.61. The van der Waals surface area contributed by atoms with E-state index in [1.807, 2.05) is 0 Å². The molecule has 0 saturated carbocycles. The molecule has 0 bridgehead atoms. The van der Waals surface area contributed by atoms with Gasteiger partial charge >= 0.3 is 0 Å². The van der Waals surface area contributed by atoms with Crippen molar-refractivity contribution in [2.24, 2.45) is 11.8 Å². The Bertz CT molecular complexity index is 597. The molecule has 0 spiro atoms. The van der Waals surface area contributed by atoms with Crippen LogP contribution in [0.2, 0.25) is 0 Å². The van der Waals surface area contributed by atoms with Crippen LogP contribution in [0.25, 0.3) is 0 Å². The predicted molar refractivity (Wildman–Crippen MR) is 106 cm³/mol. The number of aromatic nitrogens is 2. The van der Waals surface area contributed by atoms with Crippen LogP contribution in [0.4, 0.5) is 17.6 Å². The summed E-state index contributed by atoms with van der Waals surface area (Å²) in [5, 5.41) is 6.52. The number of thiocarbonyl (C=S) groups is 1. The molecule has 2 saturated heterocycles. The Balaban J connectivity index is 1.89. The topological polar surface area (TPSA) is 65.6 Å². The van der Waals surface area contributed by atoms with Crippen LogP contribution in [0, 0.1) is 11.8 Å². The molecule has 0 radical (unpaired) electrons. The lowest BCUT2D eigenvalue weighted by molar-refractivity contribution is 0.122. The van der Waals surface area contributed by atoms with E-state index in [1.54, 1.807) is 7.05 Å². The maximum atomic E-state index is 5.47. The highest BCUT2D eigenvalue weighted by molar-refractivity contribution is 7.80. The van der Waals surface area contributed by atoms with Gasteiger partial charge < -0.3 is 25.2 Å². The number of rotatable bonds is 3. The normalized spacial score (nSPS) is 24.1. The second kappa shape index (κ2) is 8.14. The standard InChI is InChI=1S/C17H28N6OS/c1-12-8-13(2)11-23(10-12)15-9-14(22-4-6-24-7-5-22)19-16(20-15)21-17(25)18-3/h9,12-13H,4-8,10-11H2,1-3H3,(H2,18,19,20,21,25)/t12-,13+. The number of nitrogens with one attached hydrogen (secondary N) is 2. The number of morpholine rings is 1. The molecule has 0 aliphatic carbocycles. The van der Waals surface area contributed by atoms with Gasteiger partial charge in [-0.15, -0.1) is 0 Å². The fourth-order valence-corrected chi connectivity index (χ4v) is 3.70. The van der Waals surface area contributed by atoms with E-state index >= 15 is 0 Å². The number of hydrogen-bond donors (Lipinski definition) is 2. The summed E-state index contributed by atoms with van der Waals surface area (Å²) in [6.45, 7) is 9.83. The SMILES string of the molecule is CNC(=S)Nc1nc(N2CCOCC2)cc(N2C[C@H](C)C[C@H](C)C2)n1. The van der Waals surface area contributed by atoms with Crippen molar-refractivity contribution < 1.29 is 4.74 Å². The summed E-state index contributed by atoms with van der Waals surface area (Å²) in [6, 6.07) is 2.10. The average Bonchev–Trinajstić information content (AvgIpc) is 2.61. The van der Waals surface area contributed by atoms with Crippen molar-refractivity contribution in [2.45, 2.75) is 20.3 Å². The van der Waals surface area contributed by atoms with Crippen LogP contribution in [0.1, 0.15) is 20.3 Å². The highest BCUT2D eigenvalue weighted by Crippen LogP contribution is 2.28. The highest BCUT2D eigenvalue weighted by Gasteiger charge is 2.24. The molecule has 0 unspecified atom stereocenters. The van der Waals surface area contributed by atoms with Crippen molar-refractivity contribution in [1.29, 1.82) is 0 Å². The largest absolute Gasteiger partial charge is 0.378 e. The summed E-state index contributed by atoms with van der Waals surface area (Å²) in [6.07, 6.45) is 1.27. The molecule has 7 nitrogen and oxygen atoms in total. The van der Waals surface area contributed by atoms with Gasteiger partial charge in [0.15, 0.2) is 5.11 Å². The molecular weight excluding hydrogens is 336 g/mol. The second-order valence-corrected chi connectivity index (χ2v) is 7.47. The molecular formula is C17H28N6OS. The van der Waals surface area contributed by atoms with Crippen molar-refractivity contribution in [3.8, 4) is 0 Å². The van der Waals surface area contributed by atoms with E-state index in [2.05, 4.69) is 45.3 Å². The average molecular weight is 365 g/mol. The highest BCUT2D eigenvalue weighted by atomic mass is 32.1. The molecule has 0 aromatic carbocycles. The van der Waals surface area contributed by atoms with Gasteiger partial charge in [0.25, 0.3) is 0 Å². The molecule has 1 aromatic rings. The van der Waals surface area contributed by atoms with Gasteiger partial charge in [0, 0.05) is 39.3 Å². The minimum atomic E-state index is 0.519. The first-order valence-electron chi connectivity index (χ1n) is 9.00. The molecule has 8 heteroatoms. The number of anilines is 3. The molecule has 2 aliphatic heterocycles. The van der Waals surface area contributed by atoms with Crippen LogP contribution in [0.5, 0.6) is 0 Å². The lowest BCUT2D eigenvalue weighted by Crippen LogP contribution is -2.40. The number of nitrogens with zero attached hydrogens (tertiary/aromatic N) is 4. The van der Waals surface area contributed by atoms with Gasteiger partial charge in [0.2, 0.25) is 5.95 Å². The third-order valence-corrected chi connectivity index (χ3v) is 4.99. The van der Waals surface area contributed by atoms with Crippen LogP contribution < -0.4 is 20.4 Å². The zero-order valence-electron chi connectivity index (χ0n) is 15.3. The fraction of sp³-hybridized carbons (Fsp3) is 0.706. The molecule has 0 amide bonds. The quantitative estimate of drug-likeness (QED) is 0.786. The summed E-state index contributed by atoms with van der Waals surface area (Å²) >= 11 is 5.22. The van der Waals surface area contributed by atoms with Crippen molar-refractivity contribution in [1.82, 2.24) is 15.3 Å². The second-order valence-electron chi connectivity index (χ2n) is 7.06. The molecule has 3 rings (SSSR count). The maximum Gasteiger partial charge on any atom is 0.232 e. The zero-order valence-corrected chi connectivity index (χ0v) is 16.1. The summed E-state index contributed by atoms with van der Waals surface area (Å²) in [4.78, 5) is 14.0. The summed E-state index contributed by atoms with van der Waals surface area (Å²) in [5.74, 6) is 3.78. The maximum absolute atomic E-state index is 5.47. The first-order chi connectivity index (χ1) is 12.0. The lowest BCUT2D eigenvalue weighted by Gasteiger charge is -2.36. The third-order valence-electron chi connectivity index (χ3n) is 4.68. The third kappa shape index (κ3) is 4.70. The van der Waals surface area contributed by atoms with E-state index in [9.17, 15) is 0 Å². The van der Waals surface area contributed by atoms with Gasteiger partial charge in [-0.3, -0.25) is 0 Å². The molecule has 2 N–H and O–H groups in total. The van der Waals surface area contributed by atoms with Crippen LogP contribution in [-0.2, 0) is 4.74 Å². The summed E-state index contributed by atoms with van der Waals surface area (Å²) < 4.78 is 5.47. The van der Waals surface area contributed by atoms with E-state index in [0.29, 0.717) is 22.9 Å². The Labute approximate surface area is 155 Å². The van der Waals surface area contributed by atoms with Gasteiger partial charge in [-0.2, -0.15) is 9.97 Å². The van der Waals surface area contributed by atoms with Crippen molar-refractivity contribution >= 4 is 34.9 Å². The Morgan fingerprint density at radius 2 is 1.72 bits per heavy atom. The summed E-state index contributed by atoms with van der Waals surface area (Å²) in [5.41, 5.74) is 0. The Hall–Kier alpha value is -1.67. The smallest absolute Gasteiger partial charge is 0.232 e. The van der Waals surface area contributed by atoms with Gasteiger partial charge in [-0.25, -0.2) is 0 Å². The van der Waals surface area contributed by atoms with Crippen LogP contribution in [0.15, 0.2) is 6.07 Å². The Morgan fingerprint density at radius 3 is 2.32 bits per heavy atom. The van der Waals surface area contributed by atoms with E-state index in [4.69, 9.17) is 21.9 Å². The first kappa shape index (κ1) is 18.1. The van der Waals surface area contributed by atoms with Crippen LogP contribution >= 0.6 is 12.2 Å². The molecule has 1 aromatic heterocycles. The van der Waals surface area contributed by atoms with E-state index in [-0.39, 0.29) is 0 Å². The molecule has 2 atom stereocenters. The Morgan fingerprint density at radius 1 is 1.12 bits per heavy atom. The predicted octanol–water partition coefficient (Wildman–Crippen LogP) is 1.71. The molecule has 3 heterocycles. The monoisotopic (exact) mass is 364 g/mol.